The van der Waals surface area contributed by atoms with E-state index >= 15 is 0 Å². The monoisotopic (exact) mass is 532 g/mol. The Labute approximate surface area is 192 Å². The number of aliphatic imine (C=N–C) groups is 1. The molecule has 0 fully saturated rings. The van der Waals surface area contributed by atoms with E-state index in [2.05, 4.69) is 52.6 Å². The minimum absolute atomic E-state index is 0.0446. The van der Waals surface area contributed by atoms with E-state index in [4.69, 9.17) is 25.5 Å². The summed E-state index contributed by atoms with van der Waals surface area (Å²) in [5.41, 5.74) is 3.59. The second-order valence-corrected chi connectivity index (χ2v) is 19.8. The number of carbonyl (C=O) groups is 1. The fourth-order valence-corrected chi connectivity index (χ4v) is 2.60. The van der Waals surface area contributed by atoms with Crippen LogP contribution in [0.15, 0.2) is 41.4 Å². The van der Waals surface area contributed by atoms with Crippen molar-refractivity contribution in [3.8, 4) is 5.75 Å². The van der Waals surface area contributed by atoms with E-state index in [1.165, 1.54) is 0 Å². The Bertz CT molecular complexity index is 867. The van der Waals surface area contributed by atoms with Crippen LogP contribution in [0.5, 0.6) is 5.75 Å². The van der Waals surface area contributed by atoms with Crippen molar-refractivity contribution >= 4 is 43.7 Å². The predicted octanol–water partition coefficient (Wildman–Crippen LogP) is 7.62. The van der Waals surface area contributed by atoms with E-state index in [1.807, 2.05) is 12.1 Å². The molecule has 0 saturated carbocycles. The van der Waals surface area contributed by atoms with Crippen LogP contribution in [0.2, 0.25) is 0 Å². The van der Waals surface area contributed by atoms with Crippen LogP contribution in [0.4, 0.5) is 5.69 Å². The molecule has 0 aliphatic rings. The number of carbonyl (C=O) groups excluding carboxylic acids is 1. The SMILES string of the molecule is CC(C)(C)c1cc(C=Nc2ccccc2C=O)c(O)c(C(C)(C)C)c1.[Cl][Zr]([Cl])[Cl]. The number of nitrogens with zero attached hydrogens (tertiary/aromatic N) is 1. The van der Waals surface area contributed by atoms with Gasteiger partial charge in [0.2, 0.25) is 0 Å². The molecule has 0 heterocycles. The number of halogens is 3. The van der Waals surface area contributed by atoms with Crippen molar-refractivity contribution in [3.05, 3.63) is 58.7 Å². The van der Waals surface area contributed by atoms with Gasteiger partial charge in [-0.2, -0.15) is 0 Å². The van der Waals surface area contributed by atoms with Crippen LogP contribution in [0.1, 0.15) is 68.6 Å². The molecule has 0 unspecified atom stereocenters. The van der Waals surface area contributed by atoms with Crippen LogP contribution in [-0.2, 0) is 29.0 Å². The van der Waals surface area contributed by atoms with Gasteiger partial charge >= 0.3 is 43.7 Å². The molecule has 1 N–H and O–H groups in total. The molecule has 2 rings (SSSR count). The van der Waals surface area contributed by atoms with Gasteiger partial charge < -0.3 is 5.11 Å². The maximum atomic E-state index is 11.2. The van der Waals surface area contributed by atoms with Crippen LogP contribution in [0, 0.1) is 0 Å². The quantitative estimate of drug-likeness (QED) is 0.325. The number of aromatic hydroxyl groups is 1. The molecule has 7 heteroatoms. The number of hydrogen-bond acceptors (Lipinski definition) is 3. The molecule has 29 heavy (non-hydrogen) atoms. The van der Waals surface area contributed by atoms with Crippen molar-refractivity contribution in [1.29, 1.82) is 0 Å². The average molecular weight is 535 g/mol. The summed E-state index contributed by atoms with van der Waals surface area (Å²) in [6.45, 7) is 12.7. The molecule has 3 nitrogen and oxygen atoms in total. The third-order valence-corrected chi connectivity index (χ3v) is 4.22. The molecule has 2 aromatic carbocycles. The van der Waals surface area contributed by atoms with Crippen LogP contribution in [-0.4, -0.2) is 17.6 Å². The Hall–Kier alpha value is -0.667. The minimum atomic E-state index is -2.13. The van der Waals surface area contributed by atoms with Crippen molar-refractivity contribution in [2.75, 3.05) is 0 Å². The van der Waals surface area contributed by atoms with Gasteiger partial charge in [0.15, 0.2) is 6.29 Å². The summed E-state index contributed by atoms with van der Waals surface area (Å²) in [6.07, 6.45) is 2.43. The summed E-state index contributed by atoms with van der Waals surface area (Å²) in [7, 11) is 15.0. The summed E-state index contributed by atoms with van der Waals surface area (Å²) in [6, 6.07) is 11.2. The molecule has 0 aliphatic heterocycles. The third kappa shape index (κ3) is 8.54. The normalized spacial score (nSPS) is 11.8. The molecule has 0 saturated heterocycles. The van der Waals surface area contributed by atoms with Gasteiger partial charge in [-0.3, -0.25) is 9.79 Å². The van der Waals surface area contributed by atoms with Crippen molar-refractivity contribution in [2.45, 2.75) is 52.4 Å². The summed E-state index contributed by atoms with van der Waals surface area (Å²) in [5, 5.41) is 10.8. The molecule has 0 radical (unpaired) electrons. The molecule has 2 aromatic rings. The average Bonchev–Trinajstić information content (AvgIpc) is 2.58. The predicted molar refractivity (Wildman–Crippen MR) is 122 cm³/mol. The van der Waals surface area contributed by atoms with Crippen molar-refractivity contribution < 1.29 is 28.1 Å². The first-order valence-electron chi connectivity index (χ1n) is 9.07. The number of aldehydes is 1. The topological polar surface area (TPSA) is 49.7 Å². The van der Waals surface area contributed by atoms with E-state index in [9.17, 15) is 9.90 Å². The molecule has 0 spiro atoms. The number of para-hydroxylation sites is 1. The number of benzene rings is 2. The fraction of sp³-hybridized carbons (Fsp3) is 0.364. The Morgan fingerprint density at radius 1 is 0.931 bits per heavy atom. The Kier molecular flexibility index (Phi) is 10.1. The van der Waals surface area contributed by atoms with Crippen LogP contribution >= 0.6 is 25.5 Å². The number of rotatable bonds is 3. The standard InChI is InChI=1S/C22H27NO2.3ClH.Zr/c1-21(2,3)17-11-16(20(25)18(12-17)22(4,5)6)13-23-19-10-8-7-9-15(19)14-24;;;;/h7-14,25H,1-6H3;3*1H;/q;;;;+3/p-3. The molecule has 0 aromatic heterocycles. The summed E-state index contributed by atoms with van der Waals surface area (Å²) in [5.74, 6) is 0.243. The molecule has 0 atom stereocenters. The van der Waals surface area contributed by atoms with Crippen LogP contribution in [0.3, 0.4) is 0 Å². The van der Waals surface area contributed by atoms with Crippen LogP contribution < -0.4 is 0 Å². The van der Waals surface area contributed by atoms with E-state index in [1.54, 1.807) is 24.4 Å². The van der Waals surface area contributed by atoms with Crippen molar-refractivity contribution in [1.82, 2.24) is 0 Å². The molecule has 0 aliphatic carbocycles. The second-order valence-electron chi connectivity index (χ2n) is 8.61. The van der Waals surface area contributed by atoms with Crippen molar-refractivity contribution in [2.24, 2.45) is 4.99 Å². The van der Waals surface area contributed by atoms with Gasteiger partial charge in [0.1, 0.15) is 5.75 Å². The summed E-state index contributed by atoms with van der Waals surface area (Å²) < 4.78 is 0. The van der Waals surface area contributed by atoms with Gasteiger partial charge in [-0.1, -0.05) is 59.7 Å². The Morgan fingerprint density at radius 3 is 1.97 bits per heavy atom. The number of phenols is 1. The zero-order valence-corrected chi connectivity index (χ0v) is 22.3. The van der Waals surface area contributed by atoms with E-state index in [0.717, 1.165) is 17.4 Å². The molecule has 0 bridgehead atoms. The molecule has 157 valence electrons. The second kappa shape index (κ2) is 11.1. The first kappa shape index (κ1) is 26.4. The van der Waals surface area contributed by atoms with Gasteiger partial charge in [0.05, 0.1) is 5.69 Å². The first-order valence-corrected chi connectivity index (χ1v) is 18.6. The van der Waals surface area contributed by atoms with Gasteiger partial charge in [0.25, 0.3) is 0 Å². The Morgan fingerprint density at radius 2 is 1.48 bits per heavy atom. The fourth-order valence-electron chi connectivity index (χ4n) is 2.60. The summed E-state index contributed by atoms with van der Waals surface area (Å²) >= 11 is -2.13. The van der Waals surface area contributed by atoms with E-state index in [-0.39, 0.29) is 16.6 Å². The van der Waals surface area contributed by atoms with Crippen molar-refractivity contribution in [3.63, 3.8) is 0 Å². The molecule has 0 amide bonds. The zero-order valence-electron chi connectivity index (χ0n) is 17.6. The van der Waals surface area contributed by atoms with Gasteiger partial charge in [-0.25, -0.2) is 0 Å². The van der Waals surface area contributed by atoms with Gasteiger partial charge in [0, 0.05) is 22.9 Å². The number of hydrogen-bond donors (Lipinski definition) is 1. The van der Waals surface area contributed by atoms with E-state index in [0.29, 0.717) is 16.8 Å². The number of phenolic OH excluding ortho intramolecular Hbond substituents is 1. The third-order valence-electron chi connectivity index (χ3n) is 4.22. The zero-order chi connectivity index (χ0) is 22.4. The maximum absolute atomic E-state index is 11.2. The van der Waals surface area contributed by atoms with E-state index < -0.39 is 18.2 Å². The molecular formula is C22H27Cl3NO2Zr. The summed E-state index contributed by atoms with van der Waals surface area (Å²) in [4.78, 5) is 15.6. The Balaban J connectivity index is 0.000000960. The molecular weight excluding hydrogens is 508 g/mol. The van der Waals surface area contributed by atoms with Gasteiger partial charge in [-0.05, 0) is 34.6 Å². The first-order chi connectivity index (χ1) is 13.3. The van der Waals surface area contributed by atoms with Crippen LogP contribution in [0.25, 0.3) is 0 Å². The van der Waals surface area contributed by atoms with Gasteiger partial charge in [-0.15, -0.1) is 0 Å².